The van der Waals surface area contributed by atoms with Crippen LogP contribution in [0.3, 0.4) is 0 Å². The van der Waals surface area contributed by atoms with Gasteiger partial charge in [-0.1, -0.05) is 64.5 Å². The smallest absolute Gasteiger partial charge is 0.173 e. The zero-order chi connectivity index (χ0) is 20.1. The van der Waals surface area contributed by atoms with Gasteiger partial charge in [0.1, 0.15) is 0 Å². The molecule has 150 valence electrons. The molecule has 1 N–H and O–H groups in total. The molecule has 0 atom stereocenters. The number of nitrogens with zero attached hydrogens (tertiary/aromatic N) is 4. The van der Waals surface area contributed by atoms with Crippen LogP contribution in [0.2, 0.25) is 0 Å². The molecule has 1 aliphatic rings. The zero-order valence-electron chi connectivity index (χ0n) is 16.2. The minimum atomic E-state index is 0.753. The summed E-state index contributed by atoms with van der Waals surface area (Å²) < 4.78 is 3.10. The summed E-state index contributed by atoms with van der Waals surface area (Å²) in [5.41, 5.74) is 3.49. The van der Waals surface area contributed by atoms with E-state index in [1.807, 2.05) is 35.3 Å². The van der Waals surface area contributed by atoms with Gasteiger partial charge in [-0.05, 0) is 29.4 Å². The van der Waals surface area contributed by atoms with E-state index < -0.39 is 0 Å². The van der Waals surface area contributed by atoms with Gasteiger partial charge < -0.3 is 10.2 Å². The normalized spacial score (nSPS) is 14.7. The number of hydrogen-bond acceptors (Lipinski definition) is 3. The number of benzene rings is 2. The molecule has 4 rings (SSSR count). The second-order valence-corrected chi connectivity index (χ2v) is 8.44. The topological polar surface area (TPSA) is 36.3 Å². The van der Waals surface area contributed by atoms with Crippen LogP contribution >= 0.6 is 28.1 Å². The maximum atomic E-state index is 5.64. The second kappa shape index (κ2) is 9.52. The van der Waals surface area contributed by atoms with E-state index >= 15 is 0 Å². The van der Waals surface area contributed by atoms with Crippen molar-refractivity contribution in [2.45, 2.75) is 13.1 Å². The van der Waals surface area contributed by atoms with Crippen molar-refractivity contribution in [1.29, 1.82) is 0 Å². The van der Waals surface area contributed by atoms with Gasteiger partial charge in [0.05, 0.1) is 18.4 Å². The van der Waals surface area contributed by atoms with E-state index in [0.29, 0.717) is 0 Å². The van der Waals surface area contributed by atoms with Crippen LogP contribution < -0.4 is 5.32 Å². The molecule has 0 radical (unpaired) electrons. The highest BCUT2D eigenvalue weighted by Gasteiger charge is 2.19. The van der Waals surface area contributed by atoms with Crippen LogP contribution in [-0.4, -0.2) is 50.9 Å². The average molecular weight is 470 g/mol. The molecule has 0 saturated carbocycles. The van der Waals surface area contributed by atoms with Crippen LogP contribution in [0.15, 0.2) is 71.5 Å². The molecule has 1 saturated heterocycles. The van der Waals surface area contributed by atoms with Crippen LogP contribution in [0.5, 0.6) is 0 Å². The third-order valence-electron chi connectivity index (χ3n) is 5.08. The number of rotatable bonds is 5. The van der Waals surface area contributed by atoms with Crippen molar-refractivity contribution in [2.75, 3.05) is 31.5 Å². The Morgan fingerprint density at radius 2 is 1.69 bits per heavy atom. The molecule has 3 aromatic rings. The summed E-state index contributed by atoms with van der Waals surface area (Å²) in [5, 5.41) is 8.55. The van der Waals surface area contributed by atoms with E-state index in [4.69, 9.17) is 12.2 Å². The van der Waals surface area contributed by atoms with Crippen molar-refractivity contribution in [1.82, 2.24) is 19.6 Å². The van der Waals surface area contributed by atoms with Crippen molar-refractivity contribution >= 4 is 38.9 Å². The molecule has 7 heteroatoms. The van der Waals surface area contributed by atoms with E-state index in [9.17, 15) is 0 Å². The highest BCUT2D eigenvalue weighted by Crippen LogP contribution is 2.19. The Kier molecular flexibility index (Phi) is 6.59. The molecule has 5 nitrogen and oxygen atoms in total. The lowest BCUT2D eigenvalue weighted by atomic mass is 10.2. The molecular formula is C22H24BrN5S. The van der Waals surface area contributed by atoms with Gasteiger partial charge >= 0.3 is 0 Å². The standard InChI is InChI=1S/C22H24BrN5S/c23-21-9-5-4-8-19(21)16-26-10-12-27(13-11-26)22(29)25-20-14-24-28(17-20)15-18-6-2-1-3-7-18/h1-9,14,17H,10-13,15-16H2,(H,25,29). The average Bonchev–Trinajstić information content (AvgIpc) is 3.17. The minimum Gasteiger partial charge on any atom is -0.346 e. The van der Waals surface area contributed by atoms with E-state index in [0.717, 1.165) is 50.1 Å². The monoisotopic (exact) mass is 469 g/mol. The van der Waals surface area contributed by atoms with Crippen molar-refractivity contribution in [3.05, 3.63) is 82.6 Å². The number of nitrogens with one attached hydrogen (secondary N) is 1. The van der Waals surface area contributed by atoms with Gasteiger partial charge in [-0.2, -0.15) is 5.10 Å². The SMILES string of the molecule is S=C(Nc1cnn(Cc2ccccc2)c1)N1CCN(Cc2ccccc2Br)CC1. The first kappa shape index (κ1) is 20.1. The quantitative estimate of drug-likeness (QED) is 0.566. The van der Waals surface area contributed by atoms with Crippen molar-refractivity contribution < 1.29 is 0 Å². The van der Waals surface area contributed by atoms with Crippen molar-refractivity contribution in [3.63, 3.8) is 0 Å². The summed E-state index contributed by atoms with van der Waals surface area (Å²) in [6, 6.07) is 18.7. The number of hydrogen-bond donors (Lipinski definition) is 1. The predicted molar refractivity (Wildman–Crippen MR) is 125 cm³/mol. The fourth-order valence-electron chi connectivity index (χ4n) is 3.46. The first-order valence-electron chi connectivity index (χ1n) is 9.75. The Balaban J connectivity index is 1.26. The molecule has 0 amide bonds. The van der Waals surface area contributed by atoms with Gasteiger partial charge in [0.15, 0.2) is 5.11 Å². The lowest BCUT2D eigenvalue weighted by Gasteiger charge is -2.36. The van der Waals surface area contributed by atoms with Crippen LogP contribution in [-0.2, 0) is 13.1 Å². The number of piperazine rings is 1. The Morgan fingerprint density at radius 3 is 2.45 bits per heavy atom. The predicted octanol–water partition coefficient (Wildman–Crippen LogP) is 4.21. The largest absolute Gasteiger partial charge is 0.346 e. The van der Waals surface area contributed by atoms with Gasteiger partial charge in [0.25, 0.3) is 0 Å². The van der Waals surface area contributed by atoms with Gasteiger partial charge in [-0.25, -0.2) is 0 Å². The fraction of sp³-hybridized carbons (Fsp3) is 0.273. The molecular weight excluding hydrogens is 446 g/mol. The Hall–Kier alpha value is -2.22. The number of aromatic nitrogens is 2. The Labute approximate surface area is 185 Å². The maximum Gasteiger partial charge on any atom is 0.173 e. The lowest BCUT2D eigenvalue weighted by molar-refractivity contribution is 0.176. The third-order valence-corrected chi connectivity index (χ3v) is 6.22. The third kappa shape index (κ3) is 5.44. The molecule has 0 bridgehead atoms. The van der Waals surface area contributed by atoms with Crippen LogP contribution in [0.1, 0.15) is 11.1 Å². The van der Waals surface area contributed by atoms with E-state index in [1.165, 1.54) is 15.6 Å². The number of thiocarbonyl (C=S) groups is 1. The Morgan fingerprint density at radius 1 is 0.966 bits per heavy atom. The lowest BCUT2D eigenvalue weighted by Crippen LogP contribution is -2.49. The van der Waals surface area contributed by atoms with Crippen LogP contribution in [0.4, 0.5) is 5.69 Å². The van der Waals surface area contributed by atoms with Crippen molar-refractivity contribution in [2.24, 2.45) is 0 Å². The molecule has 29 heavy (non-hydrogen) atoms. The molecule has 0 spiro atoms. The minimum absolute atomic E-state index is 0.753. The number of halogens is 1. The molecule has 2 heterocycles. The fourth-order valence-corrected chi connectivity index (χ4v) is 4.17. The van der Waals surface area contributed by atoms with Gasteiger partial charge in [0, 0.05) is 43.4 Å². The second-order valence-electron chi connectivity index (χ2n) is 7.20. The maximum absolute atomic E-state index is 5.64. The van der Waals surface area contributed by atoms with Crippen LogP contribution in [0.25, 0.3) is 0 Å². The molecule has 1 aromatic heterocycles. The summed E-state index contributed by atoms with van der Waals surface area (Å²) in [5.74, 6) is 0. The summed E-state index contributed by atoms with van der Waals surface area (Å²) in [7, 11) is 0. The molecule has 1 fully saturated rings. The first-order valence-corrected chi connectivity index (χ1v) is 11.0. The van der Waals surface area contributed by atoms with Gasteiger partial charge in [-0.15, -0.1) is 0 Å². The molecule has 0 unspecified atom stereocenters. The highest BCUT2D eigenvalue weighted by molar-refractivity contribution is 9.10. The van der Waals surface area contributed by atoms with Crippen LogP contribution in [0, 0.1) is 0 Å². The molecule has 0 aliphatic carbocycles. The molecule has 1 aliphatic heterocycles. The summed E-state index contributed by atoms with van der Waals surface area (Å²) in [6.45, 7) is 5.56. The van der Waals surface area contributed by atoms with Gasteiger partial charge in [-0.3, -0.25) is 9.58 Å². The van der Waals surface area contributed by atoms with Crippen molar-refractivity contribution in [3.8, 4) is 0 Å². The summed E-state index contributed by atoms with van der Waals surface area (Å²) in [4.78, 5) is 4.71. The number of anilines is 1. The van der Waals surface area contributed by atoms with E-state index in [2.05, 4.69) is 72.5 Å². The van der Waals surface area contributed by atoms with E-state index in [1.54, 1.807) is 0 Å². The van der Waals surface area contributed by atoms with E-state index in [-0.39, 0.29) is 0 Å². The Bertz CT molecular complexity index is 951. The summed E-state index contributed by atoms with van der Waals surface area (Å²) in [6.07, 6.45) is 3.83. The first-order chi connectivity index (χ1) is 14.2. The van der Waals surface area contributed by atoms with Gasteiger partial charge in [0.2, 0.25) is 0 Å². The highest BCUT2D eigenvalue weighted by atomic mass is 79.9. The summed E-state index contributed by atoms with van der Waals surface area (Å²) >= 11 is 9.28. The molecule has 2 aromatic carbocycles. The zero-order valence-corrected chi connectivity index (χ0v) is 18.6.